The lowest BCUT2D eigenvalue weighted by atomic mass is 10.1. The van der Waals surface area contributed by atoms with Crippen molar-refractivity contribution < 1.29 is 9.13 Å². The quantitative estimate of drug-likeness (QED) is 0.418. The van der Waals surface area contributed by atoms with Crippen LogP contribution in [0.3, 0.4) is 0 Å². The summed E-state index contributed by atoms with van der Waals surface area (Å²) in [7, 11) is 1.67. The zero-order valence-corrected chi connectivity index (χ0v) is 16.9. The van der Waals surface area contributed by atoms with Crippen LogP contribution in [0, 0.1) is 12.7 Å². The minimum Gasteiger partial charge on any atom is -0.496 e. The van der Waals surface area contributed by atoms with Crippen LogP contribution in [-0.2, 0) is 5.75 Å². The van der Waals surface area contributed by atoms with Crippen molar-refractivity contribution in [1.82, 2.24) is 19.7 Å². The molecule has 0 atom stereocenters. The smallest absolute Gasteiger partial charge is 0.196 e. The van der Waals surface area contributed by atoms with Gasteiger partial charge >= 0.3 is 0 Å². The van der Waals surface area contributed by atoms with Gasteiger partial charge in [-0.25, -0.2) is 4.39 Å². The number of nitrogens with zero attached hydrogens (tertiary/aromatic N) is 4. The largest absolute Gasteiger partial charge is 0.496 e. The molecule has 2 aromatic heterocycles. The summed E-state index contributed by atoms with van der Waals surface area (Å²) < 4.78 is 20.9. The summed E-state index contributed by atoms with van der Waals surface area (Å²) in [6.45, 7) is 2.05. The first-order valence-electron chi connectivity index (χ1n) is 9.04. The molecule has 4 aromatic rings. The van der Waals surface area contributed by atoms with Crippen LogP contribution in [0.15, 0.2) is 72.1 Å². The van der Waals surface area contributed by atoms with Crippen molar-refractivity contribution in [3.63, 3.8) is 0 Å². The van der Waals surface area contributed by atoms with Crippen LogP contribution in [-0.4, -0.2) is 26.9 Å². The van der Waals surface area contributed by atoms with E-state index in [0.717, 1.165) is 22.6 Å². The number of hydrogen-bond acceptors (Lipinski definition) is 5. The van der Waals surface area contributed by atoms with Gasteiger partial charge in [0.1, 0.15) is 11.6 Å². The van der Waals surface area contributed by atoms with Gasteiger partial charge in [0.05, 0.1) is 7.11 Å². The van der Waals surface area contributed by atoms with E-state index in [2.05, 4.69) is 28.2 Å². The molecule has 5 nitrogen and oxygen atoms in total. The Morgan fingerprint density at radius 1 is 1.00 bits per heavy atom. The summed E-state index contributed by atoms with van der Waals surface area (Å²) in [4.78, 5) is 4.07. The number of methoxy groups -OCH3 is 1. The summed E-state index contributed by atoms with van der Waals surface area (Å²) in [5.74, 6) is 1.90. The third-order valence-corrected chi connectivity index (χ3v) is 5.43. The number of rotatable bonds is 6. The molecule has 0 saturated heterocycles. The minimum atomic E-state index is -0.286. The molecule has 2 aromatic carbocycles. The van der Waals surface area contributed by atoms with E-state index in [9.17, 15) is 4.39 Å². The number of halogens is 1. The Kier molecular flexibility index (Phi) is 5.57. The lowest BCUT2D eigenvalue weighted by Crippen LogP contribution is -2.00. The van der Waals surface area contributed by atoms with E-state index in [0.29, 0.717) is 16.7 Å². The Labute approximate surface area is 172 Å². The number of aromatic nitrogens is 4. The van der Waals surface area contributed by atoms with Crippen LogP contribution in [0.4, 0.5) is 4.39 Å². The molecule has 146 valence electrons. The Bertz CT molecular complexity index is 1110. The molecule has 0 aliphatic rings. The van der Waals surface area contributed by atoms with Gasteiger partial charge in [0.2, 0.25) is 0 Å². The van der Waals surface area contributed by atoms with Crippen LogP contribution < -0.4 is 4.74 Å². The first-order valence-corrected chi connectivity index (χ1v) is 10.0. The molecule has 0 saturated carbocycles. The highest BCUT2D eigenvalue weighted by Gasteiger charge is 2.17. The molecule has 0 N–H and O–H groups in total. The van der Waals surface area contributed by atoms with Gasteiger partial charge in [0.15, 0.2) is 11.0 Å². The van der Waals surface area contributed by atoms with Crippen LogP contribution in [0.5, 0.6) is 5.75 Å². The predicted octanol–water partition coefficient (Wildman–Crippen LogP) is 5.08. The first kappa shape index (κ1) is 19.1. The van der Waals surface area contributed by atoms with Crippen molar-refractivity contribution >= 4 is 11.8 Å². The Hall–Kier alpha value is -3.19. The maximum Gasteiger partial charge on any atom is 0.196 e. The van der Waals surface area contributed by atoms with Crippen molar-refractivity contribution in [2.24, 2.45) is 0 Å². The lowest BCUT2D eigenvalue weighted by molar-refractivity contribution is 0.411. The second-order valence-electron chi connectivity index (χ2n) is 6.46. The average molecular weight is 406 g/mol. The molecule has 0 amide bonds. The Morgan fingerprint density at radius 3 is 2.48 bits per heavy atom. The van der Waals surface area contributed by atoms with Crippen molar-refractivity contribution in [2.75, 3.05) is 7.11 Å². The van der Waals surface area contributed by atoms with Gasteiger partial charge in [-0.15, -0.1) is 10.2 Å². The number of benzene rings is 2. The van der Waals surface area contributed by atoms with Crippen molar-refractivity contribution in [2.45, 2.75) is 17.8 Å². The summed E-state index contributed by atoms with van der Waals surface area (Å²) >= 11 is 1.55. The van der Waals surface area contributed by atoms with E-state index < -0.39 is 0 Å². The zero-order chi connectivity index (χ0) is 20.2. The van der Waals surface area contributed by atoms with Gasteiger partial charge in [-0.05, 0) is 49.4 Å². The molecule has 0 fully saturated rings. The third-order valence-electron chi connectivity index (χ3n) is 4.45. The van der Waals surface area contributed by atoms with E-state index in [1.165, 1.54) is 17.7 Å². The standard InChI is InChI=1S/C22H19FN4OS/c1-15-3-8-20(28-2)17(13-15)14-29-22-26-25-21(16-9-11-24-12-10-16)27(22)19-6-4-18(23)5-7-19/h3-13H,14H2,1-2H3. The SMILES string of the molecule is COc1ccc(C)cc1CSc1nnc(-c2ccncc2)n1-c1ccc(F)cc1. The summed E-state index contributed by atoms with van der Waals surface area (Å²) in [5, 5.41) is 9.52. The maximum absolute atomic E-state index is 13.5. The minimum absolute atomic E-state index is 0.286. The fourth-order valence-corrected chi connectivity index (χ4v) is 3.97. The Balaban J connectivity index is 1.73. The molecule has 4 rings (SSSR count). The number of pyridine rings is 1. The molecular weight excluding hydrogens is 387 g/mol. The van der Waals surface area contributed by atoms with Gasteiger partial charge in [-0.1, -0.05) is 29.5 Å². The number of ether oxygens (including phenoxy) is 1. The zero-order valence-electron chi connectivity index (χ0n) is 16.0. The van der Waals surface area contributed by atoms with Gasteiger partial charge in [0.25, 0.3) is 0 Å². The highest BCUT2D eigenvalue weighted by atomic mass is 32.2. The monoisotopic (exact) mass is 406 g/mol. The third kappa shape index (κ3) is 4.14. The van der Waals surface area contributed by atoms with Gasteiger partial charge in [-0.2, -0.15) is 0 Å². The van der Waals surface area contributed by atoms with Crippen molar-refractivity contribution in [3.05, 3.63) is 83.9 Å². The van der Waals surface area contributed by atoms with Crippen molar-refractivity contribution in [3.8, 4) is 22.8 Å². The highest BCUT2D eigenvalue weighted by Crippen LogP contribution is 2.32. The van der Waals surface area contributed by atoms with E-state index in [4.69, 9.17) is 4.74 Å². The maximum atomic E-state index is 13.5. The number of hydrogen-bond donors (Lipinski definition) is 0. The average Bonchev–Trinajstić information content (AvgIpc) is 3.17. The number of thioether (sulfide) groups is 1. The lowest BCUT2D eigenvalue weighted by Gasteiger charge is -2.12. The van der Waals surface area contributed by atoms with E-state index in [-0.39, 0.29) is 5.82 Å². The van der Waals surface area contributed by atoms with Crippen LogP contribution in [0.25, 0.3) is 17.1 Å². The second kappa shape index (κ2) is 8.45. The molecule has 0 unspecified atom stereocenters. The second-order valence-corrected chi connectivity index (χ2v) is 7.40. The molecule has 2 heterocycles. The fraction of sp³-hybridized carbons (Fsp3) is 0.136. The highest BCUT2D eigenvalue weighted by molar-refractivity contribution is 7.98. The molecule has 0 aliphatic heterocycles. The van der Waals surface area contributed by atoms with Crippen molar-refractivity contribution in [1.29, 1.82) is 0 Å². The molecule has 7 heteroatoms. The van der Waals surface area contributed by atoms with Gasteiger partial charge in [-0.3, -0.25) is 9.55 Å². The number of aryl methyl sites for hydroxylation is 1. The van der Waals surface area contributed by atoms with E-state index in [1.807, 2.05) is 28.8 Å². The molecule has 0 spiro atoms. The summed E-state index contributed by atoms with van der Waals surface area (Å²) in [6.07, 6.45) is 3.42. The van der Waals surface area contributed by atoms with Crippen LogP contribution in [0.2, 0.25) is 0 Å². The summed E-state index contributed by atoms with van der Waals surface area (Å²) in [5.41, 5.74) is 3.93. The fourth-order valence-electron chi connectivity index (χ4n) is 3.04. The Morgan fingerprint density at radius 2 is 1.76 bits per heavy atom. The van der Waals surface area contributed by atoms with E-state index >= 15 is 0 Å². The van der Waals surface area contributed by atoms with E-state index in [1.54, 1.807) is 43.4 Å². The topological polar surface area (TPSA) is 52.8 Å². The molecule has 29 heavy (non-hydrogen) atoms. The van der Waals surface area contributed by atoms with Gasteiger partial charge in [0, 0.05) is 35.0 Å². The molecule has 0 aliphatic carbocycles. The predicted molar refractivity (Wildman–Crippen MR) is 112 cm³/mol. The normalized spacial score (nSPS) is 10.9. The van der Waals surface area contributed by atoms with Gasteiger partial charge < -0.3 is 4.74 Å². The molecule has 0 radical (unpaired) electrons. The first-order chi connectivity index (χ1) is 14.2. The molecular formula is C22H19FN4OS. The van der Waals surface area contributed by atoms with Crippen LogP contribution >= 0.6 is 11.8 Å². The van der Waals surface area contributed by atoms with Crippen LogP contribution in [0.1, 0.15) is 11.1 Å². The summed E-state index contributed by atoms with van der Waals surface area (Å²) in [6, 6.07) is 16.2. The molecule has 0 bridgehead atoms.